The lowest BCUT2D eigenvalue weighted by molar-refractivity contribution is 0.0665. The van der Waals surface area contributed by atoms with Crippen LogP contribution in [0.3, 0.4) is 0 Å². The first-order chi connectivity index (χ1) is 16.0. The van der Waals surface area contributed by atoms with Gasteiger partial charge in [-0.05, 0) is 74.6 Å². The number of hydrogen-bond donors (Lipinski definition) is 3. The molecule has 7 nitrogen and oxygen atoms in total. The number of hydrogen-bond acceptors (Lipinski definition) is 4. The highest BCUT2D eigenvalue weighted by atomic mass is 16.2. The van der Waals surface area contributed by atoms with Crippen LogP contribution in [-0.2, 0) is 6.54 Å². The van der Waals surface area contributed by atoms with Crippen LogP contribution in [0.25, 0.3) is 16.5 Å². The molecule has 172 valence electrons. The van der Waals surface area contributed by atoms with Gasteiger partial charge in [-0.1, -0.05) is 18.9 Å². The van der Waals surface area contributed by atoms with Crippen molar-refractivity contribution in [3.05, 3.63) is 68.8 Å². The molecule has 33 heavy (non-hydrogen) atoms. The molecule has 0 atom stereocenters. The summed E-state index contributed by atoms with van der Waals surface area (Å²) in [5.41, 5.74) is 6.16. The third-order valence-corrected chi connectivity index (χ3v) is 7.07. The average molecular weight is 446 g/mol. The average Bonchev–Trinajstić information content (AvgIpc) is 3.50. The number of aromatic amines is 2. The van der Waals surface area contributed by atoms with Crippen molar-refractivity contribution >= 4 is 22.4 Å². The van der Waals surface area contributed by atoms with E-state index in [1.54, 1.807) is 6.20 Å². The summed E-state index contributed by atoms with van der Waals surface area (Å²) in [5, 5.41) is 11.5. The van der Waals surface area contributed by atoms with E-state index in [0.29, 0.717) is 17.7 Å². The fourth-order valence-corrected chi connectivity index (χ4v) is 5.28. The number of aromatic nitrogens is 3. The summed E-state index contributed by atoms with van der Waals surface area (Å²) in [7, 11) is 0. The minimum Gasteiger partial charge on any atom is -0.331 e. The summed E-state index contributed by atoms with van der Waals surface area (Å²) in [4.78, 5) is 31.7. The number of benzene rings is 1. The predicted octanol–water partition coefficient (Wildman–Crippen LogP) is 3.83. The number of carbonyl (C=O) groups excluding carboxylic acids is 1. The molecule has 2 aromatic heterocycles. The third kappa shape index (κ3) is 4.25. The largest absolute Gasteiger partial charge is 0.331 e. The number of aryl methyl sites for hydroxylation is 2. The summed E-state index contributed by atoms with van der Waals surface area (Å²) in [6.45, 7) is 5.92. The standard InChI is InChI=1S/C26H31N5O2/c1-16-11-17(2)29-25(32)23(16)15-31(20-5-3-4-6-20)26(33)21-12-19(18-7-9-27-10-8-18)13-24-22(21)14-28-30-24/h7,11-14,20,27H,3-6,8-10,15H2,1-2H3,(H,28,30)(H,29,32). The van der Waals surface area contributed by atoms with E-state index in [0.717, 1.165) is 72.9 Å². The first-order valence-corrected chi connectivity index (χ1v) is 11.9. The molecule has 1 aliphatic heterocycles. The predicted molar refractivity (Wildman–Crippen MR) is 130 cm³/mol. The molecule has 0 spiro atoms. The van der Waals surface area contributed by atoms with Gasteiger partial charge < -0.3 is 15.2 Å². The third-order valence-electron chi connectivity index (χ3n) is 7.07. The summed E-state index contributed by atoms with van der Waals surface area (Å²) >= 11 is 0. The van der Waals surface area contributed by atoms with Gasteiger partial charge in [0.05, 0.1) is 23.8 Å². The Balaban J connectivity index is 1.58. The Hall–Kier alpha value is -3.19. The second-order valence-electron chi connectivity index (χ2n) is 9.35. The van der Waals surface area contributed by atoms with Crippen LogP contribution in [0.5, 0.6) is 0 Å². The molecule has 3 heterocycles. The number of carbonyl (C=O) groups is 1. The molecule has 1 amide bonds. The fourth-order valence-electron chi connectivity index (χ4n) is 5.28. The van der Waals surface area contributed by atoms with Crippen molar-refractivity contribution in [2.45, 2.75) is 58.5 Å². The monoisotopic (exact) mass is 445 g/mol. The maximum atomic E-state index is 14.1. The van der Waals surface area contributed by atoms with Crippen molar-refractivity contribution in [1.82, 2.24) is 25.4 Å². The molecule has 3 aromatic rings. The van der Waals surface area contributed by atoms with Crippen molar-refractivity contribution in [3.63, 3.8) is 0 Å². The molecule has 7 heteroatoms. The number of amides is 1. The Bertz CT molecular complexity index is 1280. The second kappa shape index (κ2) is 8.98. The van der Waals surface area contributed by atoms with Gasteiger partial charge >= 0.3 is 0 Å². The van der Waals surface area contributed by atoms with Crippen molar-refractivity contribution in [2.75, 3.05) is 13.1 Å². The second-order valence-corrected chi connectivity index (χ2v) is 9.35. The van der Waals surface area contributed by atoms with E-state index in [-0.39, 0.29) is 17.5 Å². The van der Waals surface area contributed by atoms with Crippen molar-refractivity contribution in [2.24, 2.45) is 0 Å². The highest BCUT2D eigenvalue weighted by Gasteiger charge is 2.30. The number of H-pyrrole nitrogens is 2. The zero-order valence-corrected chi connectivity index (χ0v) is 19.3. The highest BCUT2D eigenvalue weighted by molar-refractivity contribution is 6.07. The zero-order chi connectivity index (χ0) is 22.9. The fraction of sp³-hybridized carbons (Fsp3) is 0.423. The van der Waals surface area contributed by atoms with E-state index in [4.69, 9.17) is 0 Å². The van der Waals surface area contributed by atoms with Crippen molar-refractivity contribution in [3.8, 4) is 0 Å². The van der Waals surface area contributed by atoms with Crippen LogP contribution in [0.2, 0.25) is 0 Å². The lowest BCUT2D eigenvalue weighted by atomic mass is 9.95. The van der Waals surface area contributed by atoms with Gasteiger partial charge in [0.15, 0.2) is 0 Å². The molecule has 0 unspecified atom stereocenters. The summed E-state index contributed by atoms with van der Waals surface area (Å²) in [6, 6.07) is 6.23. The van der Waals surface area contributed by atoms with Crippen molar-refractivity contribution in [1.29, 1.82) is 0 Å². The molecule has 0 saturated heterocycles. The molecule has 1 fully saturated rings. The lowest BCUT2D eigenvalue weighted by Crippen LogP contribution is -2.40. The molecule has 0 radical (unpaired) electrons. The van der Waals surface area contributed by atoms with Gasteiger partial charge in [0.2, 0.25) is 0 Å². The Morgan fingerprint density at radius 3 is 2.73 bits per heavy atom. The maximum Gasteiger partial charge on any atom is 0.255 e. The number of fused-ring (bicyclic) bond motifs is 1. The molecule has 1 saturated carbocycles. The molecular formula is C26H31N5O2. The zero-order valence-electron chi connectivity index (χ0n) is 19.3. The minimum atomic E-state index is -0.106. The quantitative estimate of drug-likeness (QED) is 0.556. The molecule has 1 aromatic carbocycles. The number of rotatable bonds is 5. The van der Waals surface area contributed by atoms with Gasteiger partial charge in [0.1, 0.15) is 0 Å². The van der Waals surface area contributed by atoms with E-state index in [2.05, 4.69) is 32.6 Å². The van der Waals surface area contributed by atoms with Gasteiger partial charge in [-0.15, -0.1) is 0 Å². The topological polar surface area (TPSA) is 93.9 Å². The molecule has 0 bridgehead atoms. The Kier molecular flexibility index (Phi) is 5.89. The van der Waals surface area contributed by atoms with Gasteiger partial charge in [0, 0.05) is 29.2 Å². The molecular weight excluding hydrogens is 414 g/mol. The summed E-state index contributed by atoms with van der Waals surface area (Å²) in [5.74, 6) is -0.0240. The minimum absolute atomic E-state index is 0.0240. The Morgan fingerprint density at radius 1 is 1.18 bits per heavy atom. The SMILES string of the molecule is Cc1cc(C)c(CN(C(=O)c2cc(C3=CCNCC3)cc3[nH]ncc23)C2CCCC2)c(=O)[nH]1. The molecule has 3 N–H and O–H groups in total. The summed E-state index contributed by atoms with van der Waals surface area (Å²) < 4.78 is 0. The van der Waals surface area contributed by atoms with Crippen LogP contribution in [0.4, 0.5) is 0 Å². The van der Waals surface area contributed by atoms with Crippen LogP contribution in [0, 0.1) is 13.8 Å². The first-order valence-electron chi connectivity index (χ1n) is 11.9. The van der Waals surface area contributed by atoms with E-state index >= 15 is 0 Å². The lowest BCUT2D eigenvalue weighted by Gasteiger charge is -2.30. The van der Waals surface area contributed by atoms with Gasteiger partial charge in [-0.3, -0.25) is 14.7 Å². The smallest absolute Gasteiger partial charge is 0.255 e. The van der Waals surface area contributed by atoms with Gasteiger partial charge in [-0.2, -0.15) is 5.10 Å². The van der Waals surface area contributed by atoms with Crippen LogP contribution < -0.4 is 10.9 Å². The van der Waals surface area contributed by atoms with E-state index in [1.807, 2.05) is 30.9 Å². The maximum absolute atomic E-state index is 14.1. The van der Waals surface area contributed by atoms with Crippen LogP contribution in [0.1, 0.15) is 64.8 Å². The van der Waals surface area contributed by atoms with Crippen molar-refractivity contribution < 1.29 is 4.79 Å². The van der Waals surface area contributed by atoms with Gasteiger partial charge in [-0.25, -0.2) is 0 Å². The molecule has 2 aliphatic rings. The Morgan fingerprint density at radius 2 is 2.00 bits per heavy atom. The normalized spacial score (nSPS) is 16.8. The van der Waals surface area contributed by atoms with Crippen LogP contribution in [-0.4, -0.2) is 45.1 Å². The Labute approximate surface area is 193 Å². The van der Waals surface area contributed by atoms with Crippen LogP contribution in [0.15, 0.2) is 35.3 Å². The molecule has 5 rings (SSSR count). The van der Waals surface area contributed by atoms with E-state index in [1.165, 1.54) is 5.57 Å². The first kappa shape index (κ1) is 21.6. The highest BCUT2D eigenvalue weighted by Crippen LogP contribution is 2.31. The number of pyridine rings is 1. The van der Waals surface area contributed by atoms with E-state index in [9.17, 15) is 9.59 Å². The molecule has 1 aliphatic carbocycles. The number of nitrogens with zero attached hydrogens (tertiary/aromatic N) is 2. The van der Waals surface area contributed by atoms with E-state index < -0.39 is 0 Å². The van der Waals surface area contributed by atoms with Gasteiger partial charge in [0.25, 0.3) is 11.5 Å². The van der Waals surface area contributed by atoms with Crippen LogP contribution >= 0.6 is 0 Å². The number of nitrogens with one attached hydrogen (secondary N) is 3. The summed E-state index contributed by atoms with van der Waals surface area (Å²) in [6.07, 6.45) is 9.02.